The number of methoxy groups -OCH3 is 1. The Kier molecular flexibility index (Phi) is 4.61. The van der Waals surface area contributed by atoms with Crippen molar-refractivity contribution < 1.29 is 4.74 Å². The van der Waals surface area contributed by atoms with Gasteiger partial charge in [-0.2, -0.15) is 0 Å². The van der Waals surface area contributed by atoms with Gasteiger partial charge in [0, 0.05) is 27.7 Å². The summed E-state index contributed by atoms with van der Waals surface area (Å²) in [5.41, 5.74) is 1.99. The van der Waals surface area contributed by atoms with Gasteiger partial charge >= 0.3 is 0 Å². The minimum Gasteiger partial charge on any atom is -0.497 e. The number of aryl methyl sites for hydroxylation is 1. The molecule has 3 aromatic rings. The molecule has 1 aliphatic rings. The summed E-state index contributed by atoms with van der Waals surface area (Å²) in [5, 5.41) is 4.17. The molecule has 0 aliphatic carbocycles. The summed E-state index contributed by atoms with van der Waals surface area (Å²) in [4.78, 5) is 9.28. The first-order chi connectivity index (χ1) is 12.7. The highest BCUT2D eigenvalue weighted by molar-refractivity contribution is 7.80. The summed E-state index contributed by atoms with van der Waals surface area (Å²) in [7, 11) is 1.68. The van der Waals surface area contributed by atoms with Crippen LogP contribution < -0.4 is 15.0 Å². The van der Waals surface area contributed by atoms with Crippen LogP contribution in [0.3, 0.4) is 0 Å². The number of nitrogens with zero attached hydrogens (tertiary/aromatic N) is 2. The molecule has 0 bridgehead atoms. The molecular formula is C20H19N3OS2. The summed E-state index contributed by atoms with van der Waals surface area (Å²) < 4.78 is 5.41. The normalized spacial score (nSPS) is 19.5. The van der Waals surface area contributed by atoms with Gasteiger partial charge in [0.05, 0.1) is 24.9 Å². The molecule has 0 saturated carbocycles. The van der Waals surface area contributed by atoms with E-state index >= 15 is 0 Å². The first kappa shape index (κ1) is 17.0. The molecule has 4 rings (SSSR count). The number of ether oxygens (including phenoxy) is 1. The average Bonchev–Trinajstić information content (AvgIpc) is 3.25. The molecule has 6 heteroatoms. The highest BCUT2D eigenvalue weighted by Gasteiger charge is 2.41. The lowest BCUT2D eigenvalue weighted by molar-refractivity contribution is 0.415. The third-order valence-corrected chi connectivity index (χ3v) is 5.87. The highest BCUT2D eigenvalue weighted by Crippen LogP contribution is 2.44. The van der Waals surface area contributed by atoms with E-state index < -0.39 is 0 Å². The van der Waals surface area contributed by atoms with Gasteiger partial charge in [-0.1, -0.05) is 12.1 Å². The molecule has 1 saturated heterocycles. The fourth-order valence-corrected chi connectivity index (χ4v) is 4.65. The molecule has 1 aliphatic heterocycles. The highest BCUT2D eigenvalue weighted by atomic mass is 32.1. The van der Waals surface area contributed by atoms with Gasteiger partial charge in [-0.25, -0.2) is 0 Å². The van der Waals surface area contributed by atoms with E-state index in [1.165, 1.54) is 9.75 Å². The van der Waals surface area contributed by atoms with Crippen LogP contribution in [0.4, 0.5) is 5.69 Å². The van der Waals surface area contributed by atoms with Crippen LogP contribution in [0.5, 0.6) is 5.75 Å². The summed E-state index contributed by atoms with van der Waals surface area (Å²) in [5.74, 6) is 0.813. The molecule has 0 spiro atoms. The van der Waals surface area contributed by atoms with Crippen molar-refractivity contribution in [3.8, 4) is 5.75 Å². The van der Waals surface area contributed by atoms with E-state index in [-0.39, 0.29) is 12.1 Å². The topological polar surface area (TPSA) is 37.4 Å². The molecule has 0 amide bonds. The molecule has 4 nitrogen and oxygen atoms in total. The van der Waals surface area contributed by atoms with Gasteiger partial charge in [0.15, 0.2) is 5.11 Å². The molecule has 2 atom stereocenters. The second-order valence-electron chi connectivity index (χ2n) is 6.15. The molecule has 1 fully saturated rings. The number of pyridine rings is 1. The van der Waals surface area contributed by atoms with Crippen LogP contribution in [0.2, 0.25) is 0 Å². The van der Waals surface area contributed by atoms with Crippen molar-refractivity contribution in [1.82, 2.24) is 10.3 Å². The second kappa shape index (κ2) is 7.05. The Labute approximate surface area is 162 Å². The Bertz CT molecular complexity index is 926. The summed E-state index contributed by atoms with van der Waals surface area (Å²) in [6, 6.07) is 18.4. The van der Waals surface area contributed by atoms with Crippen molar-refractivity contribution in [1.29, 1.82) is 0 Å². The first-order valence-electron chi connectivity index (χ1n) is 8.38. The van der Waals surface area contributed by atoms with Crippen LogP contribution in [-0.4, -0.2) is 17.2 Å². The molecule has 26 heavy (non-hydrogen) atoms. The lowest BCUT2D eigenvalue weighted by atomic mass is 10.0. The van der Waals surface area contributed by atoms with Gasteiger partial charge in [-0.05, 0) is 55.5 Å². The number of thiocarbonyl (C=S) groups is 1. The summed E-state index contributed by atoms with van der Waals surface area (Å²) in [6.45, 7) is 2.13. The summed E-state index contributed by atoms with van der Waals surface area (Å²) in [6.07, 6.45) is 1.82. The SMILES string of the molecule is COc1cccc(N2C(=S)N[C@H](c3ccccn3)[C@@H]2c2ccc(C)s2)c1. The zero-order valence-corrected chi connectivity index (χ0v) is 16.2. The van der Waals surface area contributed by atoms with Crippen molar-refractivity contribution in [2.24, 2.45) is 0 Å². The minimum atomic E-state index is -0.00653. The summed E-state index contributed by atoms with van der Waals surface area (Å²) >= 11 is 7.51. The van der Waals surface area contributed by atoms with Crippen molar-refractivity contribution in [3.63, 3.8) is 0 Å². The number of nitrogens with one attached hydrogen (secondary N) is 1. The van der Waals surface area contributed by atoms with Crippen molar-refractivity contribution in [2.75, 3.05) is 12.0 Å². The van der Waals surface area contributed by atoms with E-state index in [9.17, 15) is 0 Å². The van der Waals surface area contributed by atoms with Crippen LogP contribution in [-0.2, 0) is 0 Å². The zero-order chi connectivity index (χ0) is 18.1. The Hall–Kier alpha value is -2.44. The Morgan fingerprint density at radius 3 is 2.73 bits per heavy atom. The third kappa shape index (κ3) is 3.06. The number of thiophene rings is 1. The third-order valence-electron chi connectivity index (χ3n) is 4.48. The number of anilines is 1. The number of hydrogen-bond donors (Lipinski definition) is 1. The molecule has 2 aromatic heterocycles. The van der Waals surface area contributed by atoms with Gasteiger partial charge in [0.1, 0.15) is 5.75 Å². The quantitative estimate of drug-likeness (QED) is 0.667. The Balaban J connectivity index is 1.82. The van der Waals surface area contributed by atoms with Gasteiger partial charge < -0.3 is 15.0 Å². The Morgan fingerprint density at radius 1 is 1.15 bits per heavy atom. The molecule has 1 aromatic carbocycles. The van der Waals surface area contributed by atoms with E-state index in [0.717, 1.165) is 17.1 Å². The average molecular weight is 382 g/mol. The maximum absolute atomic E-state index is 5.71. The fourth-order valence-electron chi connectivity index (χ4n) is 3.29. The van der Waals surface area contributed by atoms with E-state index in [4.69, 9.17) is 17.0 Å². The van der Waals surface area contributed by atoms with Gasteiger partial charge in [0.2, 0.25) is 0 Å². The van der Waals surface area contributed by atoms with Crippen molar-refractivity contribution in [3.05, 3.63) is 76.2 Å². The fraction of sp³-hybridized carbons (Fsp3) is 0.200. The van der Waals surface area contributed by atoms with E-state index in [1.807, 2.05) is 42.6 Å². The standard InChI is InChI=1S/C20H19N3OS2/c1-13-9-10-17(26-13)19-18(16-8-3-4-11-21-16)22-20(25)23(19)14-6-5-7-15(12-14)24-2/h3-12,18-19H,1-2H3,(H,22,25)/t18-,19+/m1/s1. The molecular weight excluding hydrogens is 362 g/mol. The molecule has 3 heterocycles. The first-order valence-corrected chi connectivity index (χ1v) is 9.61. The second-order valence-corrected chi connectivity index (χ2v) is 7.85. The van der Waals surface area contributed by atoms with Crippen LogP contribution in [0.15, 0.2) is 60.8 Å². The van der Waals surface area contributed by atoms with Crippen LogP contribution in [0, 0.1) is 6.92 Å². The predicted octanol–water partition coefficient (Wildman–Crippen LogP) is 4.64. The van der Waals surface area contributed by atoms with Gasteiger partial charge in [-0.15, -0.1) is 11.3 Å². The number of rotatable bonds is 4. The minimum absolute atomic E-state index is 0.00653. The van der Waals surface area contributed by atoms with Crippen molar-refractivity contribution in [2.45, 2.75) is 19.0 Å². The predicted molar refractivity (Wildman–Crippen MR) is 110 cm³/mol. The monoisotopic (exact) mass is 381 g/mol. The van der Waals surface area contributed by atoms with Crippen LogP contribution >= 0.6 is 23.6 Å². The lowest BCUT2D eigenvalue weighted by Gasteiger charge is -2.27. The maximum atomic E-state index is 5.71. The van der Waals surface area contributed by atoms with Gasteiger partial charge in [-0.3, -0.25) is 4.98 Å². The van der Waals surface area contributed by atoms with E-state index in [0.29, 0.717) is 5.11 Å². The number of hydrogen-bond acceptors (Lipinski definition) is 4. The Morgan fingerprint density at radius 2 is 2.04 bits per heavy atom. The van der Waals surface area contributed by atoms with E-state index in [1.54, 1.807) is 18.4 Å². The zero-order valence-electron chi connectivity index (χ0n) is 14.5. The van der Waals surface area contributed by atoms with Crippen LogP contribution in [0.1, 0.15) is 27.5 Å². The number of aromatic nitrogens is 1. The van der Waals surface area contributed by atoms with E-state index in [2.05, 4.69) is 40.3 Å². The van der Waals surface area contributed by atoms with Crippen LogP contribution in [0.25, 0.3) is 0 Å². The smallest absolute Gasteiger partial charge is 0.174 e. The van der Waals surface area contributed by atoms with Gasteiger partial charge in [0.25, 0.3) is 0 Å². The number of benzene rings is 1. The molecule has 0 unspecified atom stereocenters. The largest absolute Gasteiger partial charge is 0.497 e. The molecule has 132 valence electrons. The maximum Gasteiger partial charge on any atom is 0.174 e. The molecule has 0 radical (unpaired) electrons. The van der Waals surface area contributed by atoms with Crippen molar-refractivity contribution >= 4 is 34.4 Å². The lowest BCUT2D eigenvalue weighted by Crippen LogP contribution is -2.29. The molecule has 1 N–H and O–H groups in total.